The van der Waals surface area contributed by atoms with E-state index in [1.54, 1.807) is 34.6 Å². The van der Waals surface area contributed by atoms with Crippen molar-refractivity contribution in [3.63, 3.8) is 0 Å². The largest absolute Gasteiger partial charge is 0.482 e. The summed E-state index contributed by atoms with van der Waals surface area (Å²) in [5, 5.41) is 14.6. The van der Waals surface area contributed by atoms with Crippen molar-refractivity contribution in [2.24, 2.45) is 5.92 Å². The molecule has 3 atom stereocenters. The van der Waals surface area contributed by atoms with Crippen molar-refractivity contribution in [2.75, 3.05) is 19.1 Å². The van der Waals surface area contributed by atoms with Gasteiger partial charge in [0.2, 0.25) is 11.9 Å². The molecule has 0 saturated heterocycles. The smallest absolute Gasteiger partial charge is 0.231 e. The maximum absolute atomic E-state index is 15.6. The second-order valence-electron chi connectivity index (χ2n) is 10.5. The van der Waals surface area contributed by atoms with Crippen molar-refractivity contribution >= 4 is 32.4 Å². The fourth-order valence-electron chi connectivity index (χ4n) is 5.07. The van der Waals surface area contributed by atoms with E-state index in [0.717, 1.165) is 12.8 Å². The summed E-state index contributed by atoms with van der Waals surface area (Å²) in [7, 11) is 5.33. The molecule has 3 aromatic rings. The Bertz CT molecular complexity index is 1530. The topological polar surface area (TPSA) is 114 Å². The average Bonchev–Trinajstić information content (AvgIpc) is 3.55. The molecular weight excluding hydrogens is 549 g/mol. The molecule has 10 nitrogen and oxygen atoms in total. The highest BCUT2D eigenvalue weighted by Crippen LogP contribution is 2.38. The number of benzene rings is 1. The summed E-state index contributed by atoms with van der Waals surface area (Å²) in [6, 6.07) is 4.17. The first-order valence-electron chi connectivity index (χ1n) is 13.7. The Balaban J connectivity index is 1.50. The van der Waals surface area contributed by atoms with Gasteiger partial charge >= 0.3 is 0 Å². The van der Waals surface area contributed by atoms with Gasteiger partial charge < -0.3 is 20.0 Å². The van der Waals surface area contributed by atoms with E-state index >= 15 is 4.39 Å². The van der Waals surface area contributed by atoms with E-state index in [0.29, 0.717) is 53.4 Å². The predicted molar refractivity (Wildman–Crippen MR) is 155 cm³/mol. The number of fused-ring (bicyclic) bond motifs is 1. The number of carbonyl (C=O) groups excluding carboxylic acids is 1. The van der Waals surface area contributed by atoms with Gasteiger partial charge in [0.25, 0.3) is 0 Å². The lowest BCUT2D eigenvalue weighted by molar-refractivity contribution is -0.120. The first kappa shape index (κ1) is 28.9. The van der Waals surface area contributed by atoms with Gasteiger partial charge in [0.1, 0.15) is 17.2 Å². The zero-order valence-corrected chi connectivity index (χ0v) is 25.0. The highest BCUT2D eigenvalue weighted by atomic mass is 31.0. The number of imidazole rings is 1. The van der Waals surface area contributed by atoms with Crippen LogP contribution in [0, 0.1) is 17.1 Å². The predicted octanol–water partition coefficient (Wildman–Crippen LogP) is 4.78. The Labute approximate surface area is 239 Å². The third-order valence-corrected chi connectivity index (χ3v) is 7.83. The molecule has 1 aliphatic heterocycles. The summed E-state index contributed by atoms with van der Waals surface area (Å²) in [4.78, 5) is 23.8. The van der Waals surface area contributed by atoms with Crippen molar-refractivity contribution in [1.82, 2.24) is 29.6 Å². The normalized spacial score (nSPS) is 18.0. The number of halogens is 2. The minimum absolute atomic E-state index is 0.122. The van der Waals surface area contributed by atoms with Gasteiger partial charge in [-0.3, -0.25) is 9.69 Å². The van der Waals surface area contributed by atoms with Crippen LogP contribution in [0.2, 0.25) is 0 Å². The molecule has 1 saturated carbocycles. The van der Waals surface area contributed by atoms with E-state index < -0.39 is 17.3 Å². The van der Waals surface area contributed by atoms with Crippen molar-refractivity contribution in [3.05, 3.63) is 53.2 Å². The van der Waals surface area contributed by atoms with Crippen molar-refractivity contribution in [3.8, 4) is 11.4 Å². The molecule has 218 valence electrons. The van der Waals surface area contributed by atoms with Crippen LogP contribution in [0.25, 0.3) is 17.0 Å². The van der Waals surface area contributed by atoms with Crippen LogP contribution in [0.4, 0.5) is 14.7 Å². The van der Waals surface area contributed by atoms with Gasteiger partial charge in [0.15, 0.2) is 17.1 Å². The van der Waals surface area contributed by atoms with E-state index in [1.165, 1.54) is 25.0 Å². The monoisotopic (exact) mass is 584 g/mol. The second-order valence-corrected chi connectivity index (χ2v) is 11.6. The van der Waals surface area contributed by atoms with Crippen LogP contribution in [0.15, 0.2) is 30.3 Å². The number of ether oxygens (including phenoxy) is 1. The van der Waals surface area contributed by atoms with Crippen LogP contribution >= 0.6 is 9.24 Å². The molecule has 1 amide bonds. The summed E-state index contributed by atoms with van der Waals surface area (Å²) in [5.74, 6) is 0.778. The van der Waals surface area contributed by atoms with Crippen molar-refractivity contribution < 1.29 is 18.3 Å². The quantitative estimate of drug-likeness (QED) is 0.202. The second kappa shape index (κ2) is 11.0. The first-order chi connectivity index (χ1) is 19.5. The molecule has 2 unspecified atom stereocenters. The Morgan fingerprint density at radius 3 is 2.66 bits per heavy atom. The first-order valence-corrected chi connectivity index (χ1v) is 14.2. The van der Waals surface area contributed by atoms with Crippen LogP contribution in [-0.4, -0.2) is 50.1 Å². The third-order valence-electron chi connectivity index (χ3n) is 7.53. The van der Waals surface area contributed by atoms with Gasteiger partial charge in [0.05, 0.1) is 36.7 Å². The number of nitrogens with zero attached hydrogens (tertiary/aromatic N) is 6. The van der Waals surface area contributed by atoms with E-state index in [1.807, 2.05) is 13.8 Å². The molecule has 2 N–H and O–H groups in total. The number of alkyl halides is 1. The lowest BCUT2D eigenvalue weighted by Gasteiger charge is -2.31. The third kappa shape index (κ3) is 5.37. The molecule has 1 aromatic carbocycles. The lowest BCUT2D eigenvalue weighted by atomic mass is 10.0. The number of carbonyl (C=O) groups is 1. The number of aromatic nitrogens is 5. The SMILES string of the molecule is CCn1cc(C(C)(F)P)nc1-c1ccc([C@H](C)N2C(=O)CCn3nc(/C(C(=N)C4CC4)=C(/NC)OC)nc32)cc1F. The minimum atomic E-state index is -1.74. The Kier molecular flexibility index (Phi) is 7.72. The summed E-state index contributed by atoms with van der Waals surface area (Å²) in [6.45, 7) is 5.91. The number of hydrogen-bond donors (Lipinski definition) is 2. The lowest BCUT2D eigenvalue weighted by Crippen LogP contribution is -2.39. The highest BCUT2D eigenvalue weighted by Gasteiger charge is 2.37. The van der Waals surface area contributed by atoms with Crippen LogP contribution in [0.1, 0.15) is 63.2 Å². The fraction of sp³-hybridized carbons (Fsp3) is 0.464. The summed E-state index contributed by atoms with van der Waals surface area (Å²) < 4.78 is 39.0. The molecule has 0 spiro atoms. The van der Waals surface area contributed by atoms with Gasteiger partial charge in [-0.05, 0) is 51.3 Å². The molecule has 1 fully saturated rings. The number of amides is 1. The standard InChI is InChI=1S/C28H35F2N8O2P/c1-6-36-14-20(28(3,30)41)33-25(36)18-10-9-17(13-19(18)29)15(2)38-21(39)11-12-37-27(38)34-24(35-37)22(26(32-4)40-5)23(31)16-7-8-16/h9-10,13-16,31-32H,6-8,11-12,41H2,1-5H3/b26-22-,31-23?/t15-,28?/m0/s1. The highest BCUT2D eigenvalue weighted by molar-refractivity contribution is 7.18. The number of anilines is 1. The molecule has 0 bridgehead atoms. The van der Waals surface area contributed by atoms with Crippen LogP contribution < -0.4 is 10.2 Å². The van der Waals surface area contributed by atoms with E-state index in [9.17, 15) is 9.18 Å². The Morgan fingerprint density at radius 2 is 2.07 bits per heavy atom. The molecule has 3 heterocycles. The molecule has 2 aromatic heterocycles. The zero-order valence-electron chi connectivity index (χ0n) is 23.8. The Morgan fingerprint density at radius 1 is 1.34 bits per heavy atom. The number of aryl methyl sites for hydroxylation is 2. The molecule has 41 heavy (non-hydrogen) atoms. The van der Waals surface area contributed by atoms with Gasteiger partial charge in [-0.25, -0.2) is 18.4 Å². The number of nitrogens with one attached hydrogen (secondary N) is 2. The number of rotatable bonds is 10. The molecule has 13 heteroatoms. The van der Waals surface area contributed by atoms with Crippen LogP contribution in [0.5, 0.6) is 0 Å². The molecule has 2 aliphatic rings. The molecule has 0 radical (unpaired) electrons. The van der Waals surface area contributed by atoms with Gasteiger partial charge in [-0.2, -0.15) is 4.98 Å². The van der Waals surface area contributed by atoms with Crippen molar-refractivity contribution in [2.45, 2.75) is 64.6 Å². The Hall–Kier alpha value is -3.66. The maximum Gasteiger partial charge on any atom is 0.231 e. The molecule has 1 aliphatic carbocycles. The maximum atomic E-state index is 15.6. The van der Waals surface area contributed by atoms with Gasteiger partial charge in [-0.15, -0.1) is 5.10 Å². The number of allylic oxidation sites excluding steroid dienone is 1. The zero-order chi connectivity index (χ0) is 29.6. The molecular formula is C28H35F2N8O2P. The summed E-state index contributed by atoms with van der Waals surface area (Å²) in [6.07, 6.45) is 3.63. The minimum Gasteiger partial charge on any atom is -0.482 e. The van der Waals surface area contributed by atoms with Crippen molar-refractivity contribution in [1.29, 1.82) is 5.41 Å². The fourth-order valence-corrected chi connectivity index (χ4v) is 5.21. The molecule has 5 rings (SSSR count). The van der Waals surface area contributed by atoms with Crippen LogP contribution in [-0.2, 0) is 28.0 Å². The number of hydrogen-bond acceptors (Lipinski definition) is 7. The summed E-state index contributed by atoms with van der Waals surface area (Å²) in [5.41, 5.74) is 1.86. The van der Waals surface area contributed by atoms with E-state index in [2.05, 4.69) is 24.6 Å². The van der Waals surface area contributed by atoms with Crippen LogP contribution in [0.3, 0.4) is 0 Å². The van der Waals surface area contributed by atoms with Gasteiger partial charge in [-0.1, -0.05) is 15.3 Å². The van der Waals surface area contributed by atoms with Gasteiger partial charge in [0, 0.05) is 32.1 Å². The summed E-state index contributed by atoms with van der Waals surface area (Å²) >= 11 is 0. The van der Waals surface area contributed by atoms with E-state index in [4.69, 9.17) is 15.1 Å². The average molecular weight is 585 g/mol. The van der Waals surface area contributed by atoms with E-state index in [-0.39, 0.29) is 29.5 Å². The number of methoxy groups -OCH3 is 1.